The van der Waals surface area contributed by atoms with E-state index in [0.717, 1.165) is 37.8 Å². The molecule has 0 spiro atoms. The van der Waals surface area contributed by atoms with Crippen LogP contribution in [-0.2, 0) is 0 Å². The highest BCUT2D eigenvalue weighted by atomic mass is 79.9. The van der Waals surface area contributed by atoms with E-state index in [4.69, 9.17) is 0 Å². The molecule has 4 heteroatoms. The Balaban J connectivity index is 1.92. The van der Waals surface area contributed by atoms with Gasteiger partial charge in [0.2, 0.25) is 0 Å². The third kappa shape index (κ3) is 2.46. The third-order valence-electron chi connectivity index (χ3n) is 4.69. The van der Waals surface area contributed by atoms with Crippen molar-refractivity contribution < 1.29 is 9.50 Å². The first-order chi connectivity index (χ1) is 9.10. The van der Waals surface area contributed by atoms with Gasteiger partial charge >= 0.3 is 0 Å². The highest BCUT2D eigenvalue weighted by Crippen LogP contribution is 2.45. The summed E-state index contributed by atoms with van der Waals surface area (Å²) in [5.41, 5.74) is 0.535. The minimum atomic E-state index is -0.533. The zero-order chi connectivity index (χ0) is 13.5. The molecule has 1 heterocycles. The van der Waals surface area contributed by atoms with Crippen LogP contribution < -0.4 is 5.32 Å². The second-order valence-corrected chi connectivity index (χ2v) is 6.67. The van der Waals surface area contributed by atoms with Crippen LogP contribution in [0, 0.1) is 11.7 Å². The van der Waals surface area contributed by atoms with Crippen LogP contribution in [0.25, 0.3) is 0 Å². The molecule has 2 nitrogen and oxygen atoms in total. The second-order valence-electron chi connectivity index (χ2n) is 5.81. The van der Waals surface area contributed by atoms with Crippen LogP contribution in [0.4, 0.5) is 4.39 Å². The molecule has 19 heavy (non-hydrogen) atoms. The predicted molar refractivity (Wildman–Crippen MR) is 76.4 cm³/mol. The van der Waals surface area contributed by atoms with E-state index in [-0.39, 0.29) is 17.8 Å². The second kappa shape index (κ2) is 5.15. The molecule has 1 saturated heterocycles. The number of benzene rings is 1. The Morgan fingerprint density at radius 2 is 2.16 bits per heavy atom. The van der Waals surface area contributed by atoms with E-state index < -0.39 is 5.60 Å². The van der Waals surface area contributed by atoms with Crippen LogP contribution in [0.15, 0.2) is 22.7 Å². The maximum Gasteiger partial charge on any atom is 0.137 e. The van der Waals surface area contributed by atoms with Crippen LogP contribution in [0.5, 0.6) is 0 Å². The van der Waals surface area contributed by atoms with Crippen molar-refractivity contribution in [3.05, 3.63) is 34.1 Å². The molecule has 0 radical (unpaired) electrons. The number of hydrogen-bond donors (Lipinski definition) is 2. The lowest BCUT2D eigenvalue weighted by atomic mass is 9.67. The maximum absolute atomic E-state index is 13.4. The van der Waals surface area contributed by atoms with E-state index in [2.05, 4.69) is 21.2 Å². The van der Waals surface area contributed by atoms with Crippen LogP contribution >= 0.6 is 15.9 Å². The van der Waals surface area contributed by atoms with Gasteiger partial charge in [0.1, 0.15) is 5.82 Å². The first kappa shape index (κ1) is 13.5. The Kier molecular flexibility index (Phi) is 3.67. The van der Waals surface area contributed by atoms with E-state index in [9.17, 15) is 9.50 Å². The average Bonchev–Trinajstić information content (AvgIpc) is 2.40. The van der Waals surface area contributed by atoms with Crippen molar-refractivity contribution >= 4 is 15.9 Å². The number of rotatable bonds is 1. The SMILES string of the molecule is O[C@]12CCCC[C@H]1[C@@H](c1ccc(F)c(Br)c1)NCC2. The van der Waals surface area contributed by atoms with Gasteiger partial charge in [0.05, 0.1) is 10.1 Å². The van der Waals surface area contributed by atoms with Crippen molar-refractivity contribution in [2.45, 2.75) is 43.7 Å². The van der Waals surface area contributed by atoms with Crippen LogP contribution in [0.3, 0.4) is 0 Å². The van der Waals surface area contributed by atoms with E-state index in [1.54, 1.807) is 0 Å². The molecule has 1 aromatic rings. The summed E-state index contributed by atoms with van der Waals surface area (Å²) in [6.45, 7) is 0.826. The summed E-state index contributed by atoms with van der Waals surface area (Å²) in [6.07, 6.45) is 5.07. The fourth-order valence-corrected chi connectivity index (χ4v) is 4.08. The fourth-order valence-electron chi connectivity index (χ4n) is 3.68. The van der Waals surface area contributed by atoms with Crippen LogP contribution in [0.1, 0.15) is 43.7 Å². The van der Waals surface area contributed by atoms with Gasteiger partial charge in [-0.1, -0.05) is 18.9 Å². The fraction of sp³-hybridized carbons (Fsp3) is 0.600. The minimum Gasteiger partial charge on any atom is -0.389 e. The van der Waals surface area contributed by atoms with Gasteiger partial charge in [-0.25, -0.2) is 4.39 Å². The van der Waals surface area contributed by atoms with Gasteiger partial charge in [-0.3, -0.25) is 0 Å². The largest absolute Gasteiger partial charge is 0.389 e. The quantitative estimate of drug-likeness (QED) is 0.826. The van der Waals surface area contributed by atoms with Gasteiger partial charge in [0.15, 0.2) is 0 Å². The maximum atomic E-state index is 13.4. The Bertz CT molecular complexity index is 477. The molecule has 0 unspecified atom stereocenters. The van der Waals surface area contributed by atoms with E-state index in [1.807, 2.05) is 12.1 Å². The number of aliphatic hydroxyl groups is 1. The Morgan fingerprint density at radius 3 is 2.95 bits per heavy atom. The summed E-state index contributed by atoms with van der Waals surface area (Å²) in [7, 11) is 0. The van der Waals surface area contributed by atoms with Crippen molar-refractivity contribution in [2.24, 2.45) is 5.92 Å². The van der Waals surface area contributed by atoms with Crippen LogP contribution in [0.2, 0.25) is 0 Å². The molecule has 1 saturated carbocycles. The lowest BCUT2D eigenvalue weighted by molar-refractivity contribution is -0.0861. The Hall–Kier alpha value is -0.450. The summed E-state index contributed by atoms with van der Waals surface area (Å²) in [4.78, 5) is 0. The van der Waals surface area contributed by atoms with Gasteiger partial charge in [-0.15, -0.1) is 0 Å². The molecule has 3 rings (SSSR count). The smallest absolute Gasteiger partial charge is 0.137 e. The molecule has 3 atom stereocenters. The van der Waals surface area contributed by atoms with Crippen molar-refractivity contribution in [3.63, 3.8) is 0 Å². The van der Waals surface area contributed by atoms with E-state index >= 15 is 0 Å². The summed E-state index contributed by atoms with van der Waals surface area (Å²) >= 11 is 3.25. The Labute approximate surface area is 121 Å². The van der Waals surface area contributed by atoms with Gasteiger partial charge in [0, 0.05) is 12.0 Å². The number of hydrogen-bond acceptors (Lipinski definition) is 2. The normalized spacial score (nSPS) is 34.9. The van der Waals surface area contributed by atoms with Crippen LogP contribution in [-0.4, -0.2) is 17.3 Å². The minimum absolute atomic E-state index is 0.135. The summed E-state index contributed by atoms with van der Waals surface area (Å²) in [5, 5.41) is 14.3. The zero-order valence-electron chi connectivity index (χ0n) is 10.8. The number of nitrogens with one attached hydrogen (secondary N) is 1. The topological polar surface area (TPSA) is 32.3 Å². The van der Waals surface area contributed by atoms with Crippen molar-refractivity contribution in [1.82, 2.24) is 5.32 Å². The van der Waals surface area contributed by atoms with Gasteiger partial charge in [-0.2, -0.15) is 0 Å². The lowest BCUT2D eigenvalue weighted by Crippen LogP contribution is -2.53. The monoisotopic (exact) mass is 327 g/mol. The first-order valence-corrected chi connectivity index (χ1v) is 7.80. The number of halogens is 2. The average molecular weight is 328 g/mol. The molecule has 2 fully saturated rings. The molecule has 0 bridgehead atoms. The molecule has 0 amide bonds. The van der Waals surface area contributed by atoms with E-state index in [1.165, 1.54) is 12.5 Å². The predicted octanol–water partition coefficient (Wildman–Crippen LogP) is 3.54. The Morgan fingerprint density at radius 1 is 1.32 bits per heavy atom. The van der Waals surface area contributed by atoms with Crippen molar-refractivity contribution in [1.29, 1.82) is 0 Å². The molecule has 1 aliphatic heterocycles. The van der Waals surface area contributed by atoms with Crippen molar-refractivity contribution in [2.75, 3.05) is 6.54 Å². The molecule has 2 N–H and O–H groups in total. The van der Waals surface area contributed by atoms with Gasteiger partial charge in [0.25, 0.3) is 0 Å². The lowest BCUT2D eigenvalue weighted by Gasteiger charge is -2.48. The summed E-state index contributed by atoms with van der Waals surface area (Å²) < 4.78 is 13.9. The van der Waals surface area contributed by atoms with Gasteiger partial charge < -0.3 is 10.4 Å². The zero-order valence-corrected chi connectivity index (χ0v) is 12.4. The molecular formula is C15H19BrFNO. The highest BCUT2D eigenvalue weighted by Gasteiger charge is 2.45. The third-order valence-corrected chi connectivity index (χ3v) is 5.30. The molecule has 1 aromatic carbocycles. The standard InChI is InChI=1S/C15H19BrFNO/c16-12-9-10(4-5-13(12)17)14-11-3-1-2-6-15(11,19)7-8-18-14/h4-5,9,11,14,18-19H,1-3,6-8H2/t11-,14+,15-/m0/s1. The number of piperidine rings is 1. The van der Waals surface area contributed by atoms with E-state index in [0.29, 0.717) is 4.47 Å². The molecule has 0 aromatic heterocycles. The molecule has 104 valence electrons. The summed E-state index contributed by atoms with van der Waals surface area (Å²) in [6, 6.07) is 5.30. The van der Waals surface area contributed by atoms with Gasteiger partial charge in [-0.05, 0) is 59.4 Å². The molecular weight excluding hydrogens is 309 g/mol. The molecule has 1 aliphatic carbocycles. The number of fused-ring (bicyclic) bond motifs is 1. The van der Waals surface area contributed by atoms with Crippen molar-refractivity contribution in [3.8, 4) is 0 Å². The molecule has 2 aliphatic rings. The first-order valence-electron chi connectivity index (χ1n) is 7.01. The summed E-state index contributed by atoms with van der Waals surface area (Å²) in [5.74, 6) is 0.00539. The highest BCUT2D eigenvalue weighted by molar-refractivity contribution is 9.10.